The molecule has 1 saturated heterocycles. The first kappa shape index (κ1) is 13.7. The van der Waals surface area contributed by atoms with Gasteiger partial charge in [-0.25, -0.2) is 4.79 Å². The van der Waals surface area contributed by atoms with Gasteiger partial charge in [0.05, 0.1) is 23.5 Å². The molecule has 0 bridgehead atoms. The van der Waals surface area contributed by atoms with Gasteiger partial charge in [0.1, 0.15) is 0 Å². The summed E-state index contributed by atoms with van der Waals surface area (Å²) in [4.78, 5) is 14.1. The highest BCUT2D eigenvalue weighted by molar-refractivity contribution is 5.98. The monoisotopic (exact) mass is 262 g/mol. The lowest BCUT2D eigenvalue weighted by molar-refractivity contribution is 0.0527. The molecule has 2 N–H and O–H groups in total. The molecule has 104 valence electrons. The number of carbonyl (C=O) groups excluding carboxylic acids is 1. The number of anilines is 2. The molecular formula is C15H22N2O2. The highest BCUT2D eigenvalue weighted by Gasteiger charge is 2.30. The molecule has 19 heavy (non-hydrogen) atoms. The summed E-state index contributed by atoms with van der Waals surface area (Å²) in [5.41, 5.74) is 8.37. The maximum Gasteiger partial charge on any atom is 0.340 e. The molecule has 2 rings (SSSR count). The standard InChI is InChI=1S/C15H22N2O2/c1-4-19-14(18)11-6-5-7-12(13(11)16)17-9-8-15(2,3)10-17/h5-7H,4,8-10,16H2,1-3H3. The van der Waals surface area contributed by atoms with Crippen molar-refractivity contribution in [3.05, 3.63) is 23.8 Å². The van der Waals surface area contributed by atoms with Gasteiger partial charge in [0, 0.05) is 13.1 Å². The fourth-order valence-electron chi connectivity index (χ4n) is 2.53. The largest absolute Gasteiger partial charge is 0.462 e. The van der Waals surface area contributed by atoms with Gasteiger partial charge in [-0.2, -0.15) is 0 Å². The Hall–Kier alpha value is -1.71. The molecule has 0 atom stereocenters. The van der Waals surface area contributed by atoms with Crippen LogP contribution in [-0.2, 0) is 4.74 Å². The average Bonchev–Trinajstić information content (AvgIpc) is 2.70. The van der Waals surface area contributed by atoms with Gasteiger partial charge < -0.3 is 15.4 Å². The summed E-state index contributed by atoms with van der Waals surface area (Å²) >= 11 is 0. The molecule has 0 aliphatic carbocycles. The highest BCUT2D eigenvalue weighted by Crippen LogP contribution is 2.36. The van der Waals surface area contributed by atoms with Crippen molar-refractivity contribution in [3.8, 4) is 0 Å². The number of para-hydroxylation sites is 1. The minimum absolute atomic E-state index is 0.298. The van der Waals surface area contributed by atoms with Crippen molar-refractivity contribution < 1.29 is 9.53 Å². The van der Waals surface area contributed by atoms with Gasteiger partial charge in [0.25, 0.3) is 0 Å². The highest BCUT2D eigenvalue weighted by atomic mass is 16.5. The third-order valence-corrected chi connectivity index (χ3v) is 3.60. The molecule has 0 aromatic heterocycles. The Balaban J connectivity index is 2.28. The Morgan fingerprint density at radius 3 is 2.79 bits per heavy atom. The number of benzene rings is 1. The zero-order chi connectivity index (χ0) is 14.0. The van der Waals surface area contributed by atoms with E-state index in [-0.39, 0.29) is 5.97 Å². The van der Waals surface area contributed by atoms with Crippen molar-refractivity contribution >= 4 is 17.3 Å². The lowest BCUT2D eigenvalue weighted by Gasteiger charge is -2.23. The number of esters is 1. The first-order valence-corrected chi connectivity index (χ1v) is 6.75. The van der Waals surface area contributed by atoms with E-state index in [2.05, 4.69) is 18.7 Å². The van der Waals surface area contributed by atoms with Crippen molar-refractivity contribution in [2.75, 3.05) is 30.3 Å². The molecule has 4 heteroatoms. The van der Waals surface area contributed by atoms with Crippen LogP contribution in [0, 0.1) is 5.41 Å². The number of nitrogen functional groups attached to an aromatic ring is 1. The van der Waals surface area contributed by atoms with E-state index in [4.69, 9.17) is 10.5 Å². The number of nitrogens with zero attached hydrogens (tertiary/aromatic N) is 1. The van der Waals surface area contributed by atoms with Gasteiger partial charge in [0.2, 0.25) is 0 Å². The zero-order valence-electron chi connectivity index (χ0n) is 11.9. The number of nitrogens with two attached hydrogens (primary N) is 1. The molecule has 1 heterocycles. The maximum atomic E-state index is 11.8. The van der Waals surface area contributed by atoms with Crippen LogP contribution in [0.5, 0.6) is 0 Å². The number of ether oxygens (including phenoxy) is 1. The Labute approximate surface area is 114 Å². The van der Waals surface area contributed by atoms with Gasteiger partial charge in [-0.1, -0.05) is 19.9 Å². The SMILES string of the molecule is CCOC(=O)c1cccc(N2CCC(C)(C)C2)c1N. The number of carbonyl (C=O) groups is 1. The first-order valence-electron chi connectivity index (χ1n) is 6.75. The fraction of sp³-hybridized carbons (Fsp3) is 0.533. The van der Waals surface area contributed by atoms with Crippen LogP contribution in [0.3, 0.4) is 0 Å². The van der Waals surface area contributed by atoms with Crippen LogP contribution in [0.2, 0.25) is 0 Å². The predicted octanol–water partition coefficient (Wildman–Crippen LogP) is 2.68. The molecule has 1 aromatic carbocycles. The first-order chi connectivity index (χ1) is 8.94. The maximum absolute atomic E-state index is 11.8. The predicted molar refractivity (Wildman–Crippen MR) is 77.4 cm³/mol. The van der Waals surface area contributed by atoms with E-state index >= 15 is 0 Å². The zero-order valence-corrected chi connectivity index (χ0v) is 11.9. The molecule has 0 spiro atoms. The fourth-order valence-corrected chi connectivity index (χ4v) is 2.53. The van der Waals surface area contributed by atoms with Gasteiger partial charge >= 0.3 is 5.97 Å². The van der Waals surface area contributed by atoms with E-state index in [9.17, 15) is 4.79 Å². The Kier molecular flexibility index (Phi) is 3.69. The van der Waals surface area contributed by atoms with Gasteiger partial charge in [-0.3, -0.25) is 0 Å². The molecule has 1 aliphatic heterocycles. The number of rotatable bonds is 3. The lowest BCUT2D eigenvalue weighted by Crippen LogP contribution is -2.24. The van der Waals surface area contributed by atoms with Crippen LogP contribution in [0.4, 0.5) is 11.4 Å². The molecule has 1 aliphatic rings. The van der Waals surface area contributed by atoms with Crippen molar-refractivity contribution in [1.82, 2.24) is 0 Å². The van der Waals surface area contributed by atoms with Gasteiger partial charge in [-0.05, 0) is 30.9 Å². The van der Waals surface area contributed by atoms with Crippen LogP contribution < -0.4 is 10.6 Å². The smallest absolute Gasteiger partial charge is 0.340 e. The Morgan fingerprint density at radius 1 is 1.47 bits per heavy atom. The van der Waals surface area contributed by atoms with Crippen LogP contribution in [0.15, 0.2) is 18.2 Å². The lowest BCUT2D eigenvalue weighted by atomic mass is 9.93. The normalized spacial score (nSPS) is 17.5. The quantitative estimate of drug-likeness (QED) is 0.672. The molecule has 0 unspecified atom stereocenters. The van der Waals surface area contributed by atoms with Crippen LogP contribution in [-0.4, -0.2) is 25.7 Å². The van der Waals surface area contributed by atoms with Crippen molar-refractivity contribution in [2.24, 2.45) is 5.41 Å². The third kappa shape index (κ3) is 2.83. The number of hydrogen-bond donors (Lipinski definition) is 1. The molecule has 1 aromatic rings. The molecular weight excluding hydrogens is 240 g/mol. The summed E-state index contributed by atoms with van der Waals surface area (Å²) in [6.45, 7) is 8.59. The Bertz CT molecular complexity index is 483. The summed E-state index contributed by atoms with van der Waals surface area (Å²) in [6.07, 6.45) is 1.13. The van der Waals surface area contributed by atoms with E-state index < -0.39 is 0 Å². The van der Waals surface area contributed by atoms with Crippen molar-refractivity contribution in [3.63, 3.8) is 0 Å². The van der Waals surface area contributed by atoms with Crippen molar-refractivity contribution in [1.29, 1.82) is 0 Å². The van der Waals surface area contributed by atoms with Gasteiger partial charge in [-0.15, -0.1) is 0 Å². The van der Waals surface area contributed by atoms with Gasteiger partial charge in [0.15, 0.2) is 0 Å². The minimum Gasteiger partial charge on any atom is -0.462 e. The molecule has 0 saturated carbocycles. The number of hydrogen-bond acceptors (Lipinski definition) is 4. The van der Waals surface area contributed by atoms with E-state index in [0.717, 1.165) is 25.2 Å². The molecule has 1 fully saturated rings. The summed E-state index contributed by atoms with van der Waals surface area (Å²) in [7, 11) is 0. The van der Waals surface area contributed by atoms with Crippen LogP contribution in [0.1, 0.15) is 37.6 Å². The van der Waals surface area contributed by atoms with E-state index in [1.807, 2.05) is 12.1 Å². The third-order valence-electron chi connectivity index (χ3n) is 3.60. The summed E-state index contributed by atoms with van der Waals surface area (Å²) < 4.78 is 5.03. The van der Waals surface area contributed by atoms with E-state index in [1.54, 1.807) is 13.0 Å². The van der Waals surface area contributed by atoms with Crippen LogP contribution >= 0.6 is 0 Å². The summed E-state index contributed by atoms with van der Waals surface area (Å²) in [5.74, 6) is -0.347. The van der Waals surface area contributed by atoms with Crippen molar-refractivity contribution in [2.45, 2.75) is 27.2 Å². The molecule has 4 nitrogen and oxygen atoms in total. The topological polar surface area (TPSA) is 55.6 Å². The van der Waals surface area contributed by atoms with E-state index in [0.29, 0.717) is 23.3 Å². The second kappa shape index (κ2) is 5.11. The average molecular weight is 262 g/mol. The minimum atomic E-state index is -0.347. The summed E-state index contributed by atoms with van der Waals surface area (Å²) in [5, 5.41) is 0. The second-order valence-electron chi connectivity index (χ2n) is 5.79. The molecule has 0 amide bonds. The van der Waals surface area contributed by atoms with E-state index in [1.165, 1.54) is 0 Å². The Morgan fingerprint density at radius 2 is 2.21 bits per heavy atom. The van der Waals surface area contributed by atoms with Crippen LogP contribution in [0.25, 0.3) is 0 Å². The second-order valence-corrected chi connectivity index (χ2v) is 5.79. The summed E-state index contributed by atoms with van der Waals surface area (Å²) in [6, 6.07) is 5.56. The molecule has 0 radical (unpaired) electrons.